The monoisotopic (exact) mass is 316 g/mol. The van der Waals surface area contributed by atoms with Gasteiger partial charge in [-0.15, -0.1) is 0 Å². The van der Waals surface area contributed by atoms with E-state index in [2.05, 4.69) is 25.4 Å². The van der Waals surface area contributed by atoms with Crippen LogP contribution >= 0.6 is 0 Å². The van der Waals surface area contributed by atoms with Crippen LogP contribution in [0.2, 0.25) is 0 Å². The lowest BCUT2D eigenvalue weighted by atomic mass is 9.99. The highest BCUT2D eigenvalue weighted by atomic mass is 16.5. The average molecular weight is 316 g/mol. The number of aryl methyl sites for hydroxylation is 2. The summed E-state index contributed by atoms with van der Waals surface area (Å²) in [5.41, 5.74) is 0.865. The summed E-state index contributed by atoms with van der Waals surface area (Å²) < 4.78 is 5.08. The van der Waals surface area contributed by atoms with Crippen LogP contribution in [0.1, 0.15) is 49.5 Å². The van der Waals surface area contributed by atoms with Crippen LogP contribution in [0.15, 0.2) is 10.6 Å². The number of rotatable bonds is 5. The van der Waals surface area contributed by atoms with Crippen molar-refractivity contribution >= 4 is 11.7 Å². The number of carbonyl (C=O) groups excluding carboxylic acids is 1. The maximum atomic E-state index is 11.6. The molecule has 2 aromatic rings. The maximum absolute atomic E-state index is 11.6. The molecule has 1 atom stereocenters. The molecule has 23 heavy (non-hydrogen) atoms. The summed E-state index contributed by atoms with van der Waals surface area (Å²) in [6.45, 7) is 6.61. The summed E-state index contributed by atoms with van der Waals surface area (Å²) in [6.07, 6.45) is 1.65. The zero-order valence-corrected chi connectivity index (χ0v) is 13.5. The standard InChI is InChI=1S/C15H20N6O2/c1-4-15-19-14(20-23-15)8-16-13-7-11(17-9(2)18-13)12-5-6-21(12)10(3)22/h7,12H,4-6,8H2,1-3H3,(H,16,17,18)/t12-/m1/s1. The predicted octanol–water partition coefficient (Wildman–Crippen LogP) is 1.64. The molecule has 1 saturated heterocycles. The van der Waals surface area contributed by atoms with Crippen LogP contribution in [0.25, 0.3) is 0 Å². The summed E-state index contributed by atoms with van der Waals surface area (Å²) in [4.78, 5) is 26.5. The van der Waals surface area contributed by atoms with Crippen molar-refractivity contribution in [2.24, 2.45) is 0 Å². The molecule has 122 valence electrons. The van der Waals surface area contributed by atoms with Crippen LogP contribution < -0.4 is 5.32 Å². The molecule has 1 fully saturated rings. The molecule has 8 nitrogen and oxygen atoms in total. The van der Waals surface area contributed by atoms with Crippen LogP contribution in [0.3, 0.4) is 0 Å². The summed E-state index contributed by atoms with van der Waals surface area (Å²) in [7, 11) is 0. The molecular weight excluding hydrogens is 296 g/mol. The number of nitrogens with one attached hydrogen (secondary N) is 1. The Morgan fingerprint density at radius 1 is 1.43 bits per heavy atom. The highest BCUT2D eigenvalue weighted by Crippen LogP contribution is 2.32. The first-order valence-electron chi connectivity index (χ1n) is 7.75. The Hall–Kier alpha value is -2.51. The van der Waals surface area contributed by atoms with Gasteiger partial charge < -0.3 is 14.7 Å². The first-order chi connectivity index (χ1) is 11.1. The van der Waals surface area contributed by atoms with Crippen LogP contribution in [0.4, 0.5) is 5.82 Å². The smallest absolute Gasteiger partial charge is 0.226 e. The molecule has 0 aromatic carbocycles. The van der Waals surface area contributed by atoms with E-state index in [0.29, 0.717) is 36.3 Å². The molecule has 0 spiro atoms. The first kappa shape index (κ1) is 15.4. The fraction of sp³-hybridized carbons (Fsp3) is 0.533. The van der Waals surface area contributed by atoms with Gasteiger partial charge in [-0.25, -0.2) is 9.97 Å². The van der Waals surface area contributed by atoms with Gasteiger partial charge in [0.15, 0.2) is 5.82 Å². The van der Waals surface area contributed by atoms with E-state index in [4.69, 9.17) is 4.52 Å². The molecule has 8 heteroatoms. The number of aromatic nitrogens is 4. The second-order valence-corrected chi connectivity index (χ2v) is 5.55. The van der Waals surface area contributed by atoms with Crippen molar-refractivity contribution < 1.29 is 9.32 Å². The quantitative estimate of drug-likeness (QED) is 0.895. The number of hydrogen-bond donors (Lipinski definition) is 1. The van der Waals surface area contributed by atoms with Gasteiger partial charge in [-0.2, -0.15) is 4.98 Å². The van der Waals surface area contributed by atoms with Crippen molar-refractivity contribution in [2.75, 3.05) is 11.9 Å². The minimum Gasteiger partial charge on any atom is -0.363 e. The zero-order valence-electron chi connectivity index (χ0n) is 13.5. The van der Waals surface area contributed by atoms with Gasteiger partial charge >= 0.3 is 0 Å². The SMILES string of the molecule is CCc1nc(CNc2cc([C@H]3CCN3C(C)=O)nc(C)n2)no1. The maximum Gasteiger partial charge on any atom is 0.226 e. The van der Waals surface area contributed by atoms with Crippen LogP contribution in [0, 0.1) is 6.92 Å². The molecule has 3 rings (SSSR count). The Bertz CT molecular complexity index is 714. The van der Waals surface area contributed by atoms with Crippen molar-refractivity contribution in [3.05, 3.63) is 29.3 Å². The summed E-state index contributed by atoms with van der Waals surface area (Å²) in [6, 6.07) is 1.93. The molecule has 1 N–H and O–H groups in total. The number of anilines is 1. The van der Waals surface area contributed by atoms with E-state index in [1.807, 2.05) is 24.8 Å². The zero-order chi connectivity index (χ0) is 16.4. The van der Waals surface area contributed by atoms with Crippen LogP contribution in [0.5, 0.6) is 0 Å². The van der Waals surface area contributed by atoms with Gasteiger partial charge in [-0.05, 0) is 13.3 Å². The lowest BCUT2D eigenvalue weighted by Crippen LogP contribution is -2.44. The second-order valence-electron chi connectivity index (χ2n) is 5.55. The van der Waals surface area contributed by atoms with E-state index in [1.54, 1.807) is 6.92 Å². The molecule has 1 aliphatic rings. The molecule has 0 unspecified atom stereocenters. The van der Waals surface area contributed by atoms with Gasteiger partial charge in [-0.3, -0.25) is 4.79 Å². The van der Waals surface area contributed by atoms with E-state index in [-0.39, 0.29) is 11.9 Å². The summed E-state index contributed by atoms with van der Waals surface area (Å²) in [5, 5.41) is 7.09. The van der Waals surface area contributed by atoms with Crippen molar-refractivity contribution in [1.82, 2.24) is 25.0 Å². The van der Waals surface area contributed by atoms with E-state index in [0.717, 1.165) is 18.7 Å². The molecule has 3 heterocycles. The van der Waals surface area contributed by atoms with Crippen LogP contribution in [-0.2, 0) is 17.8 Å². The summed E-state index contributed by atoms with van der Waals surface area (Å²) >= 11 is 0. The Morgan fingerprint density at radius 3 is 2.87 bits per heavy atom. The predicted molar refractivity (Wildman–Crippen MR) is 82.5 cm³/mol. The highest BCUT2D eigenvalue weighted by molar-refractivity contribution is 5.74. The second kappa shape index (κ2) is 6.31. The third kappa shape index (κ3) is 3.30. The summed E-state index contributed by atoms with van der Waals surface area (Å²) in [5.74, 6) is 2.65. The third-order valence-corrected chi connectivity index (χ3v) is 3.86. The van der Waals surface area contributed by atoms with E-state index in [1.165, 1.54) is 0 Å². The number of likely N-dealkylation sites (tertiary alicyclic amines) is 1. The average Bonchev–Trinajstić information content (AvgIpc) is 2.91. The largest absolute Gasteiger partial charge is 0.363 e. The minimum atomic E-state index is 0.0478. The molecule has 1 aliphatic heterocycles. The van der Waals surface area contributed by atoms with Crippen molar-refractivity contribution in [3.8, 4) is 0 Å². The molecule has 0 aliphatic carbocycles. The van der Waals surface area contributed by atoms with Crippen molar-refractivity contribution in [2.45, 2.75) is 46.2 Å². The van der Waals surface area contributed by atoms with Gasteiger partial charge in [0.05, 0.1) is 18.3 Å². The molecule has 0 saturated carbocycles. The van der Waals surface area contributed by atoms with Gasteiger partial charge in [0, 0.05) is 26.0 Å². The molecule has 0 radical (unpaired) electrons. The van der Waals surface area contributed by atoms with Gasteiger partial charge in [-0.1, -0.05) is 12.1 Å². The Balaban J connectivity index is 1.71. The topological polar surface area (TPSA) is 97.0 Å². The number of amides is 1. The van der Waals surface area contributed by atoms with Crippen molar-refractivity contribution in [3.63, 3.8) is 0 Å². The molecule has 1 amide bonds. The van der Waals surface area contributed by atoms with E-state index >= 15 is 0 Å². The Morgan fingerprint density at radius 2 is 2.26 bits per heavy atom. The van der Waals surface area contributed by atoms with Gasteiger partial charge in [0.2, 0.25) is 11.8 Å². The molecule has 2 aromatic heterocycles. The van der Waals surface area contributed by atoms with Crippen LogP contribution in [-0.4, -0.2) is 37.5 Å². The van der Waals surface area contributed by atoms with E-state index in [9.17, 15) is 4.79 Å². The molecular formula is C15H20N6O2. The third-order valence-electron chi connectivity index (χ3n) is 3.86. The normalized spacial score (nSPS) is 17.0. The fourth-order valence-electron chi connectivity index (χ4n) is 2.60. The van der Waals surface area contributed by atoms with Gasteiger partial charge in [0.1, 0.15) is 11.6 Å². The number of nitrogens with zero attached hydrogens (tertiary/aromatic N) is 5. The lowest BCUT2D eigenvalue weighted by molar-refractivity contribution is -0.136. The lowest BCUT2D eigenvalue weighted by Gasteiger charge is -2.40. The number of hydrogen-bond acceptors (Lipinski definition) is 7. The number of carbonyl (C=O) groups is 1. The minimum absolute atomic E-state index is 0.0478. The molecule has 0 bridgehead atoms. The van der Waals surface area contributed by atoms with E-state index < -0.39 is 0 Å². The first-order valence-corrected chi connectivity index (χ1v) is 7.75. The highest BCUT2D eigenvalue weighted by Gasteiger charge is 2.32. The Labute approximate surface area is 134 Å². The van der Waals surface area contributed by atoms with Crippen molar-refractivity contribution in [1.29, 1.82) is 0 Å². The fourth-order valence-corrected chi connectivity index (χ4v) is 2.60. The van der Waals surface area contributed by atoms with Gasteiger partial charge in [0.25, 0.3) is 0 Å². The Kier molecular flexibility index (Phi) is 4.22.